The number of anilines is 1. The zero-order chi connectivity index (χ0) is 11.2. The number of nitrogen functional groups attached to an aromatic ring is 1. The number of amides is 1. The number of imidazole rings is 1. The molecule has 0 saturated heterocycles. The monoisotopic (exact) mass is 224 g/mol. The number of carbonyl (C=O) groups is 1. The summed E-state index contributed by atoms with van der Waals surface area (Å²) in [7, 11) is 0. The van der Waals surface area contributed by atoms with Gasteiger partial charge in [0.15, 0.2) is 5.65 Å². The predicted molar refractivity (Wildman–Crippen MR) is 57.9 cm³/mol. The summed E-state index contributed by atoms with van der Waals surface area (Å²) in [5, 5.41) is 0.286. The fourth-order valence-electron chi connectivity index (χ4n) is 1.43. The lowest BCUT2D eigenvalue weighted by Gasteiger charge is -2.05. The van der Waals surface area contributed by atoms with Crippen LogP contribution < -0.4 is 11.5 Å². The smallest absolute Gasteiger partial charge is 0.252 e. The molecule has 78 valence electrons. The molecule has 15 heavy (non-hydrogen) atoms. The van der Waals surface area contributed by atoms with Crippen LogP contribution in [0.15, 0.2) is 12.3 Å². The van der Waals surface area contributed by atoms with Crippen molar-refractivity contribution in [2.45, 2.75) is 6.92 Å². The molecule has 0 aliphatic carbocycles. The van der Waals surface area contributed by atoms with Crippen LogP contribution in [0.25, 0.3) is 5.65 Å². The van der Waals surface area contributed by atoms with Crippen molar-refractivity contribution in [3.8, 4) is 0 Å². The third-order valence-corrected chi connectivity index (χ3v) is 2.41. The number of nitrogens with two attached hydrogens (primary N) is 2. The molecule has 0 radical (unpaired) electrons. The lowest BCUT2D eigenvalue weighted by atomic mass is 10.2. The summed E-state index contributed by atoms with van der Waals surface area (Å²) in [6.07, 6.45) is 1.70. The van der Waals surface area contributed by atoms with Crippen LogP contribution in [0.2, 0.25) is 5.02 Å². The topological polar surface area (TPSA) is 86.4 Å². The van der Waals surface area contributed by atoms with Crippen molar-refractivity contribution >= 4 is 29.0 Å². The SMILES string of the molecule is Cc1cn2c(N)c(Cl)cc(C(N)=O)c2n1. The molecule has 0 spiro atoms. The van der Waals surface area contributed by atoms with Gasteiger partial charge in [0.25, 0.3) is 5.91 Å². The van der Waals surface area contributed by atoms with Gasteiger partial charge in [0.05, 0.1) is 16.3 Å². The van der Waals surface area contributed by atoms with E-state index < -0.39 is 5.91 Å². The van der Waals surface area contributed by atoms with Gasteiger partial charge in [-0.1, -0.05) is 11.6 Å². The van der Waals surface area contributed by atoms with Gasteiger partial charge in [-0.05, 0) is 13.0 Å². The van der Waals surface area contributed by atoms with E-state index in [4.69, 9.17) is 23.1 Å². The van der Waals surface area contributed by atoms with E-state index in [0.29, 0.717) is 11.5 Å². The minimum absolute atomic E-state index is 0.266. The first-order valence-electron chi connectivity index (χ1n) is 4.24. The number of fused-ring (bicyclic) bond motifs is 1. The van der Waals surface area contributed by atoms with Crippen molar-refractivity contribution in [3.05, 3.63) is 28.5 Å². The summed E-state index contributed by atoms with van der Waals surface area (Å²) < 4.78 is 1.55. The second-order valence-corrected chi connectivity index (χ2v) is 3.64. The fraction of sp³-hybridized carbons (Fsp3) is 0.111. The largest absolute Gasteiger partial charge is 0.384 e. The summed E-state index contributed by atoms with van der Waals surface area (Å²) in [5.74, 6) is -0.232. The van der Waals surface area contributed by atoms with Gasteiger partial charge >= 0.3 is 0 Å². The van der Waals surface area contributed by atoms with Crippen molar-refractivity contribution in [2.75, 3.05) is 5.73 Å². The second kappa shape index (κ2) is 3.13. The van der Waals surface area contributed by atoms with Crippen LogP contribution >= 0.6 is 11.6 Å². The van der Waals surface area contributed by atoms with Crippen molar-refractivity contribution < 1.29 is 4.79 Å². The zero-order valence-corrected chi connectivity index (χ0v) is 8.75. The van der Waals surface area contributed by atoms with E-state index in [1.807, 2.05) is 0 Å². The molecule has 0 fully saturated rings. The summed E-state index contributed by atoms with van der Waals surface area (Å²) in [6, 6.07) is 1.43. The van der Waals surface area contributed by atoms with E-state index in [2.05, 4.69) is 4.98 Å². The quantitative estimate of drug-likeness (QED) is 0.757. The Morgan fingerprint density at radius 1 is 1.60 bits per heavy atom. The molecule has 2 aromatic heterocycles. The number of aryl methyl sites for hydroxylation is 1. The van der Waals surface area contributed by atoms with Crippen LogP contribution in [0.5, 0.6) is 0 Å². The lowest BCUT2D eigenvalue weighted by Crippen LogP contribution is -2.13. The molecular weight excluding hydrogens is 216 g/mol. The van der Waals surface area contributed by atoms with Gasteiger partial charge in [-0.3, -0.25) is 9.20 Å². The van der Waals surface area contributed by atoms with Gasteiger partial charge in [0.2, 0.25) is 0 Å². The van der Waals surface area contributed by atoms with Gasteiger partial charge in [-0.15, -0.1) is 0 Å². The number of primary amides is 1. The molecule has 0 saturated carbocycles. The number of aromatic nitrogens is 2. The third kappa shape index (κ3) is 1.41. The maximum absolute atomic E-state index is 11.2. The van der Waals surface area contributed by atoms with Gasteiger partial charge in [0.1, 0.15) is 5.82 Å². The molecule has 6 heteroatoms. The average molecular weight is 225 g/mol. The number of carbonyl (C=O) groups excluding carboxylic acids is 1. The molecule has 2 rings (SSSR count). The van der Waals surface area contributed by atoms with Crippen LogP contribution in [-0.2, 0) is 0 Å². The molecule has 0 unspecified atom stereocenters. The van der Waals surface area contributed by atoms with E-state index in [-0.39, 0.29) is 10.6 Å². The van der Waals surface area contributed by atoms with Crippen molar-refractivity contribution in [1.29, 1.82) is 0 Å². The Balaban J connectivity index is 2.93. The molecule has 5 nitrogen and oxygen atoms in total. The highest BCUT2D eigenvalue weighted by Gasteiger charge is 2.14. The Hall–Kier alpha value is -1.75. The van der Waals surface area contributed by atoms with Crippen LogP contribution in [0.3, 0.4) is 0 Å². The van der Waals surface area contributed by atoms with Crippen molar-refractivity contribution in [2.24, 2.45) is 5.73 Å². The van der Waals surface area contributed by atoms with E-state index >= 15 is 0 Å². The maximum Gasteiger partial charge on any atom is 0.252 e. The Labute approximate surface area is 90.6 Å². The van der Waals surface area contributed by atoms with Crippen molar-refractivity contribution in [1.82, 2.24) is 9.38 Å². The zero-order valence-electron chi connectivity index (χ0n) is 7.99. The van der Waals surface area contributed by atoms with E-state index in [1.165, 1.54) is 6.07 Å². The van der Waals surface area contributed by atoms with Crippen LogP contribution in [0.4, 0.5) is 5.82 Å². The summed E-state index contributed by atoms with van der Waals surface area (Å²) >= 11 is 5.86. The molecule has 4 N–H and O–H groups in total. The highest BCUT2D eigenvalue weighted by molar-refractivity contribution is 6.33. The number of halogens is 1. The second-order valence-electron chi connectivity index (χ2n) is 3.23. The van der Waals surface area contributed by atoms with Gasteiger partial charge in [0, 0.05) is 6.20 Å². The maximum atomic E-state index is 11.2. The minimum atomic E-state index is -0.576. The number of rotatable bonds is 1. The summed E-state index contributed by atoms with van der Waals surface area (Å²) in [5.41, 5.74) is 12.4. The average Bonchev–Trinajstić information content (AvgIpc) is 2.53. The lowest BCUT2D eigenvalue weighted by molar-refractivity contribution is 0.100. The highest BCUT2D eigenvalue weighted by atomic mass is 35.5. The Kier molecular flexibility index (Phi) is 2.04. The molecule has 0 aliphatic rings. The van der Waals surface area contributed by atoms with Crippen LogP contribution in [0, 0.1) is 6.92 Å². The summed E-state index contributed by atoms with van der Waals surface area (Å²) in [6.45, 7) is 1.80. The molecule has 2 aromatic rings. The van der Waals surface area contributed by atoms with Gasteiger partial charge in [-0.25, -0.2) is 4.98 Å². The molecule has 0 bridgehead atoms. The van der Waals surface area contributed by atoms with Gasteiger partial charge in [-0.2, -0.15) is 0 Å². The molecule has 1 amide bonds. The number of hydrogen-bond acceptors (Lipinski definition) is 3. The fourth-order valence-corrected chi connectivity index (χ4v) is 1.63. The van der Waals surface area contributed by atoms with Crippen LogP contribution in [0.1, 0.15) is 16.1 Å². The third-order valence-electron chi connectivity index (χ3n) is 2.11. The van der Waals surface area contributed by atoms with E-state index in [1.54, 1.807) is 17.5 Å². The number of pyridine rings is 1. The highest BCUT2D eigenvalue weighted by Crippen LogP contribution is 2.24. The van der Waals surface area contributed by atoms with Crippen molar-refractivity contribution in [3.63, 3.8) is 0 Å². The standard InChI is InChI=1S/C9H9ClN4O/c1-4-3-14-7(11)6(10)2-5(8(12)15)9(14)13-4/h2-3H,11H2,1H3,(H2,12,15). The molecule has 0 atom stereocenters. The molecule has 0 aliphatic heterocycles. The molecular formula is C9H9ClN4O. The van der Waals surface area contributed by atoms with Gasteiger partial charge < -0.3 is 11.5 Å². The first kappa shape index (κ1) is 9.79. The molecule has 0 aromatic carbocycles. The first-order valence-corrected chi connectivity index (χ1v) is 4.62. The number of hydrogen-bond donors (Lipinski definition) is 2. The normalized spacial score (nSPS) is 10.8. The minimum Gasteiger partial charge on any atom is -0.384 e. The van der Waals surface area contributed by atoms with E-state index in [9.17, 15) is 4.79 Å². The Morgan fingerprint density at radius 3 is 2.87 bits per heavy atom. The van der Waals surface area contributed by atoms with E-state index in [0.717, 1.165) is 5.69 Å². The summed E-state index contributed by atoms with van der Waals surface area (Å²) in [4.78, 5) is 15.3. The first-order chi connectivity index (χ1) is 7.00. The molecule has 2 heterocycles. The Bertz CT molecular complexity index is 561. The number of nitrogens with zero attached hydrogens (tertiary/aromatic N) is 2. The Morgan fingerprint density at radius 2 is 2.27 bits per heavy atom. The predicted octanol–water partition coefficient (Wildman–Crippen LogP) is 0.977. The van der Waals surface area contributed by atoms with Crippen LogP contribution in [-0.4, -0.2) is 15.3 Å².